The SMILES string of the molecule is CC(=O)NCCCC(=O)N[C@@]1(c2ccccc2)CCNC[C@H]1O. The second-order valence-corrected chi connectivity index (χ2v) is 5.94. The van der Waals surface area contributed by atoms with Crippen LogP contribution < -0.4 is 16.0 Å². The highest BCUT2D eigenvalue weighted by Gasteiger charge is 2.42. The summed E-state index contributed by atoms with van der Waals surface area (Å²) in [6.07, 6.45) is 0.841. The molecular weight excluding hydrogens is 294 g/mol. The van der Waals surface area contributed by atoms with Crippen LogP contribution in [0.25, 0.3) is 0 Å². The largest absolute Gasteiger partial charge is 0.389 e. The molecule has 1 aliphatic heterocycles. The Morgan fingerprint density at radius 3 is 2.74 bits per heavy atom. The third-order valence-corrected chi connectivity index (χ3v) is 4.21. The van der Waals surface area contributed by atoms with Crippen LogP contribution in [-0.4, -0.2) is 42.7 Å². The zero-order chi connectivity index (χ0) is 16.7. The summed E-state index contributed by atoms with van der Waals surface area (Å²) in [4.78, 5) is 23.2. The fraction of sp³-hybridized carbons (Fsp3) is 0.529. The van der Waals surface area contributed by atoms with E-state index in [-0.39, 0.29) is 11.8 Å². The summed E-state index contributed by atoms with van der Waals surface area (Å²) in [6.45, 7) is 3.11. The number of rotatable bonds is 6. The number of amides is 2. The summed E-state index contributed by atoms with van der Waals surface area (Å²) >= 11 is 0. The number of hydrogen-bond donors (Lipinski definition) is 4. The fourth-order valence-electron chi connectivity index (χ4n) is 2.98. The standard InChI is InChI=1S/C17H25N3O3/c1-13(21)19-10-5-8-16(23)20-17(9-11-18-12-15(17)22)14-6-3-2-4-7-14/h2-4,6-7,15,18,22H,5,8-12H2,1H3,(H,19,21)(H,20,23)/t15-,17-/m1/s1. The van der Waals surface area contributed by atoms with Crippen LogP contribution in [0.4, 0.5) is 0 Å². The summed E-state index contributed by atoms with van der Waals surface area (Å²) in [5, 5.41) is 19.4. The monoisotopic (exact) mass is 319 g/mol. The number of aliphatic hydroxyl groups excluding tert-OH is 1. The molecule has 23 heavy (non-hydrogen) atoms. The lowest BCUT2D eigenvalue weighted by molar-refractivity contribution is -0.126. The van der Waals surface area contributed by atoms with Crippen LogP contribution in [0.5, 0.6) is 0 Å². The number of benzene rings is 1. The maximum Gasteiger partial charge on any atom is 0.220 e. The van der Waals surface area contributed by atoms with Gasteiger partial charge in [-0.3, -0.25) is 9.59 Å². The molecular formula is C17H25N3O3. The lowest BCUT2D eigenvalue weighted by atomic mass is 9.79. The van der Waals surface area contributed by atoms with Crippen LogP contribution in [-0.2, 0) is 15.1 Å². The maximum absolute atomic E-state index is 12.3. The topological polar surface area (TPSA) is 90.5 Å². The molecule has 0 aromatic heterocycles. The van der Waals surface area contributed by atoms with Crippen LogP contribution in [0.15, 0.2) is 30.3 Å². The van der Waals surface area contributed by atoms with E-state index in [1.807, 2.05) is 30.3 Å². The number of β-amino-alcohol motifs (C(OH)–C–C–N with tert-alkyl or cyclic N) is 1. The van der Waals surface area contributed by atoms with Gasteiger partial charge in [0.1, 0.15) is 0 Å². The predicted molar refractivity (Wildman–Crippen MR) is 87.7 cm³/mol. The Kier molecular flexibility index (Phi) is 6.12. The molecule has 1 aromatic carbocycles. The van der Waals surface area contributed by atoms with Gasteiger partial charge < -0.3 is 21.1 Å². The second-order valence-electron chi connectivity index (χ2n) is 5.94. The van der Waals surface area contributed by atoms with Crippen molar-refractivity contribution in [1.82, 2.24) is 16.0 Å². The molecule has 0 radical (unpaired) electrons. The third kappa shape index (κ3) is 4.53. The van der Waals surface area contributed by atoms with Gasteiger partial charge in [0.2, 0.25) is 11.8 Å². The van der Waals surface area contributed by atoms with Crippen LogP contribution in [0, 0.1) is 0 Å². The van der Waals surface area contributed by atoms with Crippen LogP contribution in [0.3, 0.4) is 0 Å². The highest BCUT2D eigenvalue weighted by Crippen LogP contribution is 2.31. The van der Waals surface area contributed by atoms with Gasteiger partial charge in [0.05, 0.1) is 11.6 Å². The lowest BCUT2D eigenvalue weighted by Gasteiger charge is -2.43. The van der Waals surface area contributed by atoms with Gasteiger partial charge in [0.25, 0.3) is 0 Å². The summed E-state index contributed by atoms with van der Waals surface area (Å²) in [6, 6.07) is 9.61. The van der Waals surface area contributed by atoms with E-state index >= 15 is 0 Å². The molecule has 0 unspecified atom stereocenters. The van der Waals surface area contributed by atoms with Gasteiger partial charge in [-0.15, -0.1) is 0 Å². The first-order valence-corrected chi connectivity index (χ1v) is 8.04. The second kappa shape index (κ2) is 8.08. The number of nitrogens with one attached hydrogen (secondary N) is 3. The van der Waals surface area contributed by atoms with Crippen molar-refractivity contribution in [1.29, 1.82) is 0 Å². The summed E-state index contributed by atoms with van der Waals surface area (Å²) in [5.41, 5.74) is 0.168. The van der Waals surface area contributed by atoms with Gasteiger partial charge in [0.15, 0.2) is 0 Å². The van der Waals surface area contributed by atoms with E-state index < -0.39 is 11.6 Å². The van der Waals surface area contributed by atoms with Crippen molar-refractivity contribution in [2.24, 2.45) is 0 Å². The normalized spacial score (nSPS) is 24.0. The van der Waals surface area contributed by atoms with E-state index in [1.165, 1.54) is 6.92 Å². The van der Waals surface area contributed by atoms with Gasteiger partial charge in [-0.25, -0.2) is 0 Å². The molecule has 0 aliphatic carbocycles. The molecule has 1 heterocycles. The zero-order valence-electron chi connectivity index (χ0n) is 13.5. The minimum Gasteiger partial charge on any atom is -0.389 e. The number of piperidine rings is 1. The molecule has 1 fully saturated rings. The van der Waals surface area contributed by atoms with E-state index in [4.69, 9.17) is 0 Å². The maximum atomic E-state index is 12.3. The van der Waals surface area contributed by atoms with Crippen molar-refractivity contribution in [2.75, 3.05) is 19.6 Å². The zero-order valence-corrected chi connectivity index (χ0v) is 13.5. The molecule has 0 saturated carbocycles. The Hall–Kier alpha value is -1.92. The Morgan fingerprint density at radius 2 is 2.09 bits per heavy atom. The molecule has 1 aliphatic rings. The molecule has 1 saturated heterocycles. The van der Waals surface area contributed by atoms with E-state index in [2.05, 4.69) is 16.0 Å². The van der Waals surface area contributed by atoms with Gasteiger partial charge in [-0.05, 0) is 24.9 Å². The number of carbonyl (C=O) groups is 2. The van der Waals surface area contributed by atoms with Crippen molar-refractivity contribution >= 4 is 11.8 Å². The Bertz CT molecular complexity index is 535. The fourth-order valence-corrected chi connectivity index (χ4v) is 2.98. The lowest BCUT2D eigenvalue weighted by Crippen LogP contribution is -2.61. The van der Waals surface area contributed by atoms with Crippen molar-refractivity contribution < 1.29 is 14.7 Å². The van der Waals surface area contributed by atoms with Gasteiger partial charge in [0, 0.05) is 26.4 Å². The van der Waals surface area contributed by atoms with Gasteiger partial charge in [-0.2, -0.15) is 0 Å². The first-order chi connectivity index (χ1) is 11.0. The number of aliphatic hydroxyl groups is 1. The Morgan fingerprint density at radius 1 is 1.35 bits per heavy atom. The Balaban J connectivity index is 2.04. The molecule has 0 spiro atoms. The highest BCUT2D eigenvalue weighted by molar-refractivity contribution is 5.77. The summed E-state index contributed by atoms with van der Waals surface area (Å²) in [7, 11) is 0. The molecule has 1 aromatic rings. The van der Waals surface area contributed by atoms with Crippen molar-refractivity contribution in [3.63, 3.8) is 0 Å². The van der Waals surface area contributed by atoms with Crippen LogP contribution in [0.2, 0.25) is 0 Å². The summed E-state index contributed by atoms with van der Waals surface area (Å²) < 4.78 is 0. The van der Waals surface area contributed by atoms with E-state index in [0.29, 0.717) is 32.4 Å². The smallest absolute Gasteiger partial charge is 0.220 e. The average molecular weight is 319 g/mol. The third-order valence-electron chi connectivity index (χ3n) is 4.21. The first-order valence-electron chi connectivity index (χ1n) is 8.04. The Labute approximate surface area is 136 Å². The summed E-state index contributed by atoms with van der Waals surface area (Å²) in [5.74, 6) is -0.208. The molecule has 2 atom stereocenters. The quantitative estimate of drug-likeness (QED) is 0.567. The predicted octanol–water partition coefficient (Wildman–Crippen LogP) is 0.269. The van der Waals surface area contributed by atoms with Crippen LogP contribution in [0.1, 0.15) is 31.7 Å². The molecule has 0 bridgehead atoms. The average Bonchev–Trinajstić information content (AvgIpc) is 2.54. The molecule has 4 N–H and O–H groups in total. The molecule has 6 nitrogen and oxygen atoms in total. The van der Waals surface area contributed by atoms with Crippen molar-refractivity contribution in [3.05, 3.63) is 35.9 Å². The van der Waals surface area contributed by atoms with Gasteiger partial charge >= 0.3 is 0 Å². The number of hydrogen-bond acceptors (Lipinski definition) is 4. The van der Waals surface area contributed by atoms with Crippen LogP contribution >= 0.6 is 0 Å². The molecule has 6 heteroatoms. The van der Waals surface area contributed by atoms with E-state index in [0.717, 1.165) is 12.1 Å². The molecule has 126 valence electrons. The van der Waals surface area contributed by atoms with Crippen molar-refractivity contribution in [3.8, 4) is 0 Å². The van der Waals surface area contributed by atoms with Gasteiger partial charge in [-0.1, -0.05) is 30.3 Å². The molecule has 2 rings (SSSR count). The highest BCUT2D eigenvalue weighted by atomic mass is 16.3. The minimum atomic E-state index is -0.752. The number of carbonyl (C=O) groups excluding carboxylic acids is 2. The van der Waals surface area contributed by atoms with Crippen molar-refractivity contribution in [2.45, 2.75) is 37.8 Å². The van der Waals surface area contributed by atoms with E-state index in [1.54, 1.807) is 0 Å². The minimum absolute atomic E-state index is 0.0973. The first kappa shape index (κ1) is 17.4. The van der Waals surface area contributed by atoms with E-state index in [9.17, 15) is 14.7 Å². The molecule has 2 amide bonds.